The molecule has 3 aromatic rings. The third-order valence-electron chi connectivity index (χ3n) is 2.81. The van der Waals surface area contributed by atoms with Crippen molar-refractivity contribution in [1.82, 2.24) is 4.98 Å². The molecule has 0 aliphatic carbocycles. The molecule has 0 saturated carbocycles. The molecule has 2 nitrogen and oxygen atoms in total. The molecule has 1 heterocycles. The second-order valence-electron chi connectivity index (χ2n) is 4.13. The molecule has 2 N–H and O–H groups in total. The summed E-state index contributed by atoms with van der Waals surface area (Å²) >= 11 is 1.47. The van der Waals surface area contributed by atoms with E-state index in [0.29, 0.717) is 10.6 Å². The molecular weight excluding hydrogens is 259 g/mol. The second kappa shape index (κ2) is 4.82. The molecule has 0 amide bonds. The van der Waals surface area contributed by atoms with Crippen LogP contribution in [-0.4, -0.2) is 4.98 Å². The van der Waals surface area contributed by atoms with Crippen molar-refractivity contribution >= 4 is 17.0 Å². The molecule has 0 saturated heterocycles. The van der Waals surface area contributed by atoms with Crippen LogP contribution in [0.25, 0.3) is 21.0 Å². The summed E-state index contributed by atoms with van der Waals surface area (Å²) in [5.41, 5.74) is 7.96. The monoisotopic (exact) mass is 270 g/mol. The Morgan fingerprint density at radius 3 is 2.47 bits per heavy atom. The van der Waals surface area contributed by atoms with Crippen molar-refractivity contribution in [1.29, 1.82) is 0 Å². The highest BCUT2D eigenvalue weighted by molar-refractivity contribution is 7.18. The van der Waals surface area contributed by atoms with Gasteiger partial charge in [-0.1, -0.05) is 24.3 Å². The fourth-order valence-electron chi connectivity index (χ4n) is 1.81. The number of hydrogen-bond donors (Lipinski definition) is 1. The lowest BCUT2D eigenvalue weighted by Gasteiger charge is -1.98. The van der Waals surface area contributed by atoms with E-state index < -0.39 is 0 Å². The normalized spacial score (nSPS) is 10.6. The van der Waals surface area contributed by atoms with E-state index in [1.54, 1.807) is 18.3 Å². The Kier molecular flexibility index (Phi) is 3.01. The van der Waals surface area contributed by atoms with Crippen molar-refractivity contribution in [2.75, 3.05) is 5.73 Å². The first-order valence-electron chi connectivity index (χ1n) is 5.81. The average Bonchev–Trinajstić information content (AvgIpc) is 2.89. The number of nitrogens with zero attached hydrogens (tertiary/aromatic N) is 1. The van der Waals surface area contributed by atoms with Gasteiger partial charge in [0.05, 0.1) is 4.88 Å². The van der Waals surface area contributed by atoms with Gasteiger partial charge in [0.2, 0.25) is 0 Å². The predicted octanol–water partition coefficient (Wildman–Crippen LogP) is 4.20. The van der Waals surface area contributed by atoms with Gasteiger partial charge in [-0.05, 0) is 29.8 Å². The van der Waals surface area contributed by atoms with Crippen LogP contribution in [0.15, 0.2) is 54.7 Å². The van der Waals surface area contributed by atoms with Gasteiger partial charge in [-0.15, -0.1) is 11.3 Å². The Hall–Kier alpha value is -2.20. The van der Waals surface area contributed by atoms with E-state index >= 15 is 0 Å². The number of benzene rings is 2. The predicted molar refractivity (Wildman–Crippen MR) is 77.4 cm³/mol. The molecule has 0 aliphatic heterocycles. The molecule has 0 bridgehead atoms. The van der Waals surface area contributed by atoms with Crippen LogP contribution in [0.2, 0.25) is 0 Å². The van der Waals surface area contributed by atoms with Crippen molar-refractivity contribution in [3.63, 3.8) is 0 Å². The van der Waals surface area contributed by atoms with Gasteiger partial charge in [-0.25, -0.2) is 9.37 Å². The minimum atomic E-state index is -0.249. The molecule has 0 spiro atoms. The molecule has 0 unspecified atom stereocenters. The van der Waals surface area contributed by atoms with E-state index in [0.717, 1.165) is 16.1 Å². The van der Waals surface area contributed by atoms with E-state index in [-0.39, 0.29) is 5.82 Å². The van der Waals surface area contributed by atoms with Crippen LogP contribution in [0.3, 0.4) is 0 Å². The van der Waals surface area contributed by atoms with Crippen LogP contribution in [0.4, 0.5) is 10.1 Å². The average molecular weight is 270 g/mol. The fourth-order valence-corrected chi connectivity index (χ4v) is 2.76. The van der Waals surface area contributed by atoms with Crippen LogP contribution < -0.4 is 5.73 Å². The third kappa shape index (κ3) is 2.35. The SMILES string of the molecule is Nc1ccc(-c2cnc(-c3ccccc3F)s2)cc1. The first-order valence-corrected chi connectivity index (χ1v) is 6.62. The molecular formula is C15H11FN2S. The quantitative estimate of drug-likeness (QED) is 0.709. The summed E-state index contributed by atoms with van der Waals surface area (Å²) in [6, 6.07) is 14.2. The molecule has 19 heavy (non-hydrogen) atoms. The zero-order valence-electron chi connectivity index (χ0n) is 10.0. The smallest absolute Gasteiger partial charge is 0.133 e. The molecule has 0 aliphatic rings. The maximum atomic E-state index is 13.7. The summed E-state index contributed by atoms with van der Waals surface area (Å²) in [5.74, 6) is -0.249. The first-order chi connectivity index (χ1) is 9.24. The van der Waals surface area contributed by atoms with Crippen molar-refractivity contribution < 1.29 is 4.39 Å². The van der Waals surface area contributed by atoms with Crippen molar-refractivity contribution in [2.45, 2.75) is 0 Å². The maximum Gasteiger partial charge on any atom is 0.133 e. The van der Waals surface area contributed by atoms with Crippen molar-refractivity contribution in [2.24, 2.45) is 0 Å². The maximum absolute atomic E-state index is 13.7. The Bertz CT molecular complexity index is 704. The lowest BCUT2D eigenvalue weighted by atomic mass is 10.2. The Balaban J connectivity index is 2.00. The largest absolute Gasteiger partial charge is 0.399 e. The number of nitrogens with two attached hydrogens (primary N) is 1. The van der Waals surface area contributed by atoms with Gasteiger partial charge in [0.15, 0.2) is 0 Å². The van der Waals surface area contributed by atoms with Crippen LogP contribution in [-0.2, 0) is 0 Å². The molecule has 94 valence electrons. The fraction of sp³-hybridized carbons (Fsp3) is 0. The van der Waals surface area contributed by atoms with Crippen LogP contribution in [0, 0.1) is 5.82 Å². The van der Waals surface area contributed by atoms with Gasteiger partial charge < -0.3 is 5.73 Å². The van der Waals surface area contributed by atoms with Crippen LogP contribution >= 0.6 is 11.3 Å². The van der Waals surface area contributed by atoms with Crippen LogP contribution in [0.5, 0.6) is 0 Å². The van der Waals surface area contributed by atoms with E-state index in [9.17, 15) is 4.39 Å². The van der Waals surface area contributed by atoms with Crippen molar-refractivity contribution in [3.05, 3.63) is 60.5 Å². The van der Waals surface area contributed by atoms with Gasteiger partial charge in [0.1, 0.15) is 10.8 Å². The summed E-state index contributed by atoms with van der Waals surface area (Å²) in [7, 11) is 0. The minimum Gasteiger partial charge on any atom is -0.399 e. The Morgan fingerprint density at radius 2 is 1.74 bits per heavy atom. The minimum absolute atomic E-state index is 0.249. The van der Waals surface area contributed by atoms with Gasteiger partial charge in [-0.2, -0.15) is 0 Å². The highest BCUT2D eigenvalue weighted by atomic mass is 32.1. The number of hydrogen-bond acceptors (Lipinski definition) is 3. The standard InChI is InChI=1S/C15H11FN2S/c16-13-4-2-1-3-12(13)15-18-9-14(19-15)10-5-7-11(17)8-6-10/h1-9H,17H2. The summed E-state index contributed by atoms with van der Waals surface area (Å²) in [6.07, 6.45) is 1.76. The summed E-state index contributed by atoms with van der Waals surface area (Å²) < 4.78 is 13.7. The topological polar surface area (TPSA) is 38.9 Å². The number of anilines is 1. The number of nitrogen functional groups attached to an aromatic ring is 1. The van der Waals surface area contributed by atoms with Gasteiger partial charge >= 0.3 is 0 Å². The van der Waals surface area contributed by atoms with E-state index in [1.807, 2.05) is 30.3 Å². The highest BCUT2D eigenvalue weighted by Gasteiger charge is 2.09. The molecule has 0 fully saturated rings. The number of aromatic nitrogens is 1. The zero-order chi connectivity index (χ0) is 13.2. The lowest BCUT2D eigenvalue weighted by molar-refractivity contribution is 0.631. The molecule has 0 radical (unpaired) electrons. The molecule has 2 aromatic carbocycles. The zero-order valence-corrected chi connectivity index (χ0v) is 10.8. The summed E-state index contributed by atoms with van der Waals surface area (Å²) in [6.45, 7) is 0. The summed E-state index contributed by atoms with van der Waals surface area (Å²) in [5, 5.41) is 0.685. The number of thiazole rings is 1. The lowest BCUT2D eigenvalue weighted by Crippen LogP contribution is -1.82. The number of rotatable bonds is 2. The Labute approximate surface area is 114 Å². The molecule has 4 heteroatoms. The number of halogens is 1. The third-order valence-corrected chi connectivity index (χ3v) is 3.88. The van der Waals surface area contributed by atoms with Crippen molar-refractivity contribution in [3.8, 4) is 21.0 Å². The Morgan fingerprint density at radius 1 is 1.00 bits per heavy atom. The van der Waals surface area contributed by atoms with Crippen LogP contribution in [0.1, 0.15) is 0 Å². The molecule has 0 atom stereocenters. The molecule has 3 rings (SSSR count). The summed E-state index contributed by atoms with van der Waals surface area (Å²) in [4.78, 5) is 5.29. The van der Waals surface area contributed by atoms with E-state index in [1.165, 1.54) is 17.4 Å². The van der Waals surface area contributed by atoms with Gasteiger partial charge in [-0.3, -0.25) is 0 Å². The first kappa shape index (κ1) is 11.9. The van der Waals surface area contributed by atoms with E-state index in [4.69, 9.17) is 5.73 Å². The van der Waals surface area contributed by atoms with E-state index in [2.05, 4.69) is 4.98 Å². The second-order valence-corrected chi connectivity index (χ2v) is 5.16. The van der Waals surface area contributed by atoms with Gasteiger partial charge in [0, 0.05) is 17.4 Å². The molecule has 1 aromatic heterocycles. The van der Waals surface area contributed by atoms with Gasteiger partial charge in [0.25, 0.3) is 0 Å². The highest BCUT2D eigenvalue weighted by Crippen LogP contribution is 2.33.